The van der Waals surface area contributed by atoms with Gasteiger partial charge in [-0.05, 0) is 38.5 Å². The van der Waals surface area contributed by atoms with Crippen molar-refractivity contribution >= 4 is 0 Å². The largest absolute Gasteiger partial charge is 0.371 e. The zero-order valence-corrected chi connectivity index (χ0v) is 7.09. The van der Waals surface area contributed by atoms with Gasteiger partial charge in [0.15, 0.2) is 0 Å². The summed E-state index contributed by atoms with van der Waals surface area (Å²) in [5.41, 5.74) is 1.42. The average Bonchev–Trinajstić information content (AvgIpc) is 2.04. The maximum absolute atomic E-state index is 2.45. The van der Waals surface area contributed by atoms with Gasteiger partial charge in [0.05, 0.1) is 0 Å². The highest BCUT2D eigenvalue weighted by Crippen LogP contribution is 2.22. The van der Waals surface area contributed by atoms with Crippen molar-refractivity contribution in [3.63, 3.8) is 0 Å². The van der Waals surface area contributed by atoms with Crippen LogP contribution in [-0.2, 0) is 0 Å². The van der Waals surface area contributed by atoms with Gasteiger partial charge in [0.2, 0.25) is 0 Å². The highest BCUT2D eigenvalue weighted by atomic mass is 15.1. The summed E-state index contributed by atoms with van der Waals surface area (Å²) in [5.74, 6) is 0. The molecule has 2 aliphatic rings. The Balaban J connectivity index is 2.13. The van der Waals surface area contributed by atoms with Gasteiger partial charge in [0.1, 0.15) is 0 Å². The van der Waals surface area contributed by atoms with Gasteiger partial charge in [0, 0.05) is 12.6 Å². The number of fused-ring (bicyclic) bond motifs is 1. The third kappa shape index (κ3) is 1.32. The molecular weight excluding hydrogens is 134 g/mol. The molecule has 0 aliphatic carbocycles. The lowest BCUT2D eigenvalue weighted by Crippen LogP contribution is -2.35. The first-order chi connectivity index (χ1) is 5.36. The molecule has 1 atom stereocenters. The summed E-state index contributed by atoms with van der Waals surface area (Å²) >= 11 is 0. The molecule has 0 radical (unpaired) electrons. The summed E-state index contributed by atoms with van der Waals surface area (Å²) in [7, 11) is 0. The molecule has 2 aliphatic heterocycles. The maximum Gasteiger partial charge on any atom is 0.0473 e. The molecule has 60 valence electrons. The van der Waals surface area contributed by atoms with Crippen molar-refractivity contribution in [2.45, 2.75) is 32.2 Å². The highest BCUT2D eigenvalue weighted by molar-refractivity contribution is 5.23. The minimum absolute atomic E-state index is 0.716. The molecule has 2 rings (SSSR count). The number of allylic oxidation sites excluding steroid dienone is 2. The molecule has 0 bridgehead atoms. The van der Waals surface area contributed by atoms with Crippen LogP contribution < -0.4 is 0 Å². The Labute approximate surface area is 68.4 Å². The van der Waals surface area contributed by atoms with E-state index >= 15 is 0 Å². The molecule has 1 fully saturated rings. The van der Waals surface area contributed by atoms with Crippen molar-refractivity contribution in [2.75, 3.05) is 6.54 Å². The molecule has 0 aromatic heterocycles. The standard InChI is InChI=1S/C10H15N/c1-9-5-7-11-6-3-2-4-10(11)8-9/h5,7-8,10H,2-4,6H2,1H3. The third-order valence-electron chi connectivity index (χ3n) is 2.58. The van der Waals surface area contributed by atoms with Gasteiger partial charge in [-0.2, -0.15) is 0 Å². The van der Waals surface area contributed by atoms with Crippen LogP contribution in [0, 0.1) is 0 Å². The normalized spacial score (nSPS) is 29.7. The van der Waals surface area contributed by atoms with Gasteiger partial charge < -0.3 is 4.90 Å². The van der Waals surface area contributed by atoms with E-state index in [1.807, 2.05) is 0 Å². The summed E-state index contributed by atoms with van der Waals surface area (Å²) in [6.07, 6.45) is 11.0. The van der Waals surface area contributed by atoms with Crippen LogP contribution >= 0.6 is 0 Å². The number of rotatable bonds is 0. The number of hydrogen-bond acceptors (Lipinski definition) is 1. The SMILES string of the molecule is CC1=CC2CCCCN2C=C1. The second-order valence-electron chi connectivity index (χ2n) is 3.53. The van der Waals surface area contributed by atoms with E-state index in [1.165, 1.54) is 31.4 Å². The Morgan fingerprint density at radius 3 is 3.27 bits per heavy atom. The number of hydrogen-bond donors (Lipinski definition) is 0. The van der Waals surface area contributed by atoms with E-state index < -0.39 is 0 Å². The summed E-state index contributed by atoms with van der Waals surface area (Å²) < 4.78 is 0. The van der Waals surface area contributed by atoms with Gasteiger partial charge in [0.25, 0.3) is 0 Å². The quantitative estimate of drug-likeness (QED) is 0.511. The topological polar surface area (TPSA) is 3.24 Å². The average molecular weight is 149 g/mol. The number of nitrogens with zero attached hydrogens (tertiary/aromatic N) is 1. The fraction of sp³-hybridized carbons (Fsp3) is 0.600. The van der Waals surface area contributed by atoms with Crippen LogP contribution in [0.3, 0.4) is 0 Å². The van der Waals surface area contributed by atoms with Crippen molar-refractivity contribution in [3.8, 4) is 0 Å². The Morgan fingerprint density at radius 2 is 2.36 bits per heavy atom. The van der Waals surface area contributed by atoms with Crippen molar-refractivity contribution in [3.05, 3.63) is 23.9 Å². The van der Waals surface area contributed by atoms with Crippen LogP contribution in [0.25, 0.3) is 0 Å². The Kier molecular flexibility index (Phi) is 1.72. The zero-order valence-electron chi connectivity index (χ0n) is 7.09. The zero-order chi connectivity index (χ0) is 7.68. The molecule has 1 saturated heterocycles. The maximum atomic E-state index is 2.45. The van der Waals surface area contributed by atoms with Crippen LogP contribution in [0.2, 0.25) is 0 Å². The lowest BCUT2D eigenvalue weighted by molar-refractivity contribution is 0.248. The van der Waals surface area contributed by atoms with Crippen LogP contribution in [-0.4, -0.2) is 17.5 Å². The molecular formula is C10H15N. The lowest BCUT2D eigenvalue weighted by Gasteiger charge is -2.35. The van der Waals surface area contributed by atoms with E-state index in [9.17, 15) is 0 Å². The fourth-order valence-corrected chi connectivity index (χ4v) is 1.92. The monoisotopic (exact) mass is 149 g/mol. The van der Waals surface area contributed by atoms with Crippen LogP contribution in [0.1, 0.15) is 26.2 Å². The minimum Gasteiger partial charge on any atom is -0.371 e. The van der Waals surface area contributed by atoms with E-state index in [-0.39, 0.29) is 0 Å². The minimum atomic E-state index is 0.716. The fourth-order valence-electron chi connectivity index (χ4n) is 1.92. The van der Waals surface area contributed by atoms with E-state index in [4.69, 9.17) is 0 Å². The molecule has 1 nitrogen and oxygen atoms in total. The summed E-state index contributed by atoms with van der Waals surface area (Å²) in [6, 6.07) is 0.716. The van der Waals surface area contributed by atoms with Crippen molar-refractivity contribution in [1.82, 2.24) is 4.90 Å². The van der Waals surface area contributed by atoms with Crippen molar-refractivity contribution < 1.29 is 0 Å². The first-order valence-electron chi connectivity index (χ1n) is 4.48. The van der Waals surface area contributed by atoms with Crippen molar-refractivity contribution in [2.24, 2.45) is 0 Å². The second-order valence-corrected chi connectivity index (χ2v) is 3.53. The van der Waals surface area contributed by atoms with E-state index in [1.54, 1.807) is 0 Å². The molecule has 0 amide bonds. The molecule has 0 N–H and O–H groups in total. The molecule has 0 spiro atoms. The molecule has 1 unspecified atom stereocenters. The Morgan fingerprint density at radius 1 is 1.45 bits per heavy atom. The van der Waals surface area contributed by atoms with Crippen LogP contribution in [0.15, 0.2) is 23.9 Å². The molecule has 2 heterocycles. The van der Waals surface area contributed by atoms with E-state index in [0.29, 0.717) is 6.04 Å². The van der Waals surface area contributed by atoms with Gasteiger partial charge in [-0.15, -0.1) is 0 Å². The second kappa shape index (κ2) is 2.72. The predicted molar refractivity (Wildman–Crippen MR) is 47.2 cm³/mol. The van der Waals surface area contributed by atoms with Gasteiger partial charge >= 0.3 is 0 Å². The lowest BCUT2D eigenvalue weighted by atomic mass is 9.98. The van der Waals surface area contributed by atoms with Gasteiger partial charge in [-0.1, -0.05) is 11.6 Å². The van der Waals surface area contributed by atoms with Crippen LogP contribution in [0.5, 0.6) is 0 Å². The third-order valence-corrected chi connectivity index (χ3v) is 2.58. The van der Waals surface area contributed by atoms with E-state index in [2.05, 4.69) is 30.2 Å². The molecule has 0 aromatic rings. The Hall–Kier alpha value is -0.720. The highest BCUT2D eigenvalue weighted by Gasteiger charge is 2.18. The predicted octanol–water partition coefficient (Wildman–Crippen LogP) is 2.31. The molecule has 0 aromatic carbocycles. The first kappa shape index (κ1) is 6.96. The van der Waals surface area contributed by atoms with Crippen LogP contribution in [0.4, 0.5) is 0 Å². The summed E-state index contributed by atoms with van der Waals surface area (Å²) in [5, 5.41) is 0. The summed E-state index contributed by atoms with van der Waals surface area (Å²) in [4.78, 5) is 2.45. The molecule has 1 heteroatoms. The Bertz CT molecular complexity index is 203. The smallest absolute Gasteiger partial charge is 0.0473 e. The number of piperidine rings is 1. The first-order valence-corrected chi connectivity index (χ1v) is 4.48. The van der Waals surface area contributed by atoms with Gasteiger partial charge in [-0.3, -0.25) is 0 Å². The summed E-state index contributed by atoms with van der Waals surface area (Å²) in [6.45, 7) is 3.44. The molecule has 0 saturated carbocycles. The van der Waals surface area contributed by atoms with E-state index in [0.717, 1.165) is 0 Å². The van der Waals surface area contributed by atoms with Gasteiger partial charge in [-0.25, -0.2) is 0 Å². The van der Waals surface area contributed by atoms with Crippen molar-refractivity contribution in [1.29, 1.82) is 0 Å². The molecule has 11 heavy (non-hydrogen) atoms.